The second-order valence-corrected chi connectivity index (χ2v) is 8.05. The third-order valence-corrected chi connectivity index (χ3v) is 6.12. The minimum absolute atomic E-state index is 0.125. The van der Waals surface area contributed by atoms with Crippen molar-refractivity contribution in [3.63, 3.8) is 0 Å². The summed E-state index contributed by atoms with van der Waals surface area (Å²) in [6.45, 7) is 0.764. The molecule has 0 atom stereocenters. The lowest BCUT2D eigenvalue weighted by Gasteiger charge is -2.12. The molecule has 0 bridgehead atoms. The summed E-state index contributed by atoms with van der Waals surface area (Å²) in [4.78, 5) is 16.6. The van der Waals surface area contributed by atoms with Gasteiger partial charge < -0.3 is 5.32 Å². The number of benzene rings is 1. The molecule has 2 aromatic rings. The predicted octanol–water partition coefficient (Wildman–Crippen LogP) is 5.05. The Morgan fingerprint density at radius 2 is 2.12 bits per heavy atom. The van der Waals surface area contributed by atoms with Crippen molar-refractivity contribution in [2.45, 2.75) is 37.9 Å². The number of amides is 1. The molecule has 3 nitrogen and oxygen atoms in total. The van der Waals surface area contributed by atoms with E-state index >= 15 is 0 Å². The first-order valence-corrected chi connectivity index (χ1v) is 10.9. The van der Waals surface area contributed by atoms with Crippen molar-refractivity contribution < 1.29 is 4.79 Å². The highest BCUT2D eigenvalue weighted by Gasteiger charge is 2.07. The third-order valence-electron chi connectivity index (χ3n) is 4.21. The van der Waals surface area contributed by atoms with Crippen LogP contribution >= 0.6 is 23.1 Å². The Morgan fingerprint density at radius 1 is 1.24 bits per heavy atom. The smallest absolute Gasteiger partial charge is 0.230 e. The number of carbonyl (C=O) groups is 1. The molecule has 0 fully saturated rings. The van der Waals surface area contributed by atoms with Crippen molar-refractivity contribution in [2.75, 3.05) is 12.3 Å². The first kappa shape index (κ1) is 18.2. The summed E-state index contributed by atoms with van der Waals surface area (Å²) >= 11 is 3.29. The molecule has 1 aliphatic carbocycles. The topological polar surface area (TPSA) is 42.0 Å². The molecule has 1 aliphatic rings. The molecule has 25 heavy (non-hydrogen) atoms. The highest BCUT2D eigenvalue weighted by molar-refractivity contribution is 7.99. The van der Waals surface area contributed by atoms with Gasteiger partial charge in [-0.2, -0.15) is 0 Å². The van der Waals surface area contributed by atoms with E-state index in [1.807, 2.05) is 18.2 Å². The average Bonchev–Trinajstić information content (AvgIpc) is 3.12. The van der Waals surface area contributed by atoms with Crippen molar-refractivity contribution in [1.29, 1.82) is 0 Å². The van der Waals surface area contributed by atoms with Crippen molar-refractivity contribution in [1.82, 2.24) is 10.3 Å². The van der Waals surface area contributed by atoms with Crippen LogP contribution in [0.4, 0.5) is 0 Å². The largest absolute Gasteiger partial charge is 0.355 e. The van der Waals surface area contributed by atoms with Gasteiger partial charge in [-0.05, 0) is 32.1 Å². The SMILES string of the molecule is O=C(CSCc1csc(-c2ccccc2)n1)NCCC1=CCCCC1. The summed E-state index contributed by atoms with van der Waals surface area (Å²) in [6, 6.07) is 10.2. The van der Waals surface area contributed by atoms with Crippen LogP contribution in [0.5, 0.6) is 0 Å². The van der Waals surface area contributed by atoms with Crippen molar-refractivity contribution in [3.05, 3.63) is 53.1 Å². The Bertz CT molecular complexity index is 709. The average molecular weight is 373 g/mol. The van der Waals surface area contributed by atoms with E-state index in [0.29, 0.717) is 5.75 Å². The highest BCUT2D eigenvalue weighted by atomic mass is 32.2. The molecular formula is C20H24N2OS2. The van der Waals surface area contributed by atoms with Gasteiger partial charge in [-0.25, -0.2) is 4.98 Å². The number of hydrogen-bond donors (Lipinski definition) is 1. The van der Waals surface area contributed by atoms with Crippen LogP contribution in [0.1, 0.15) is 37.8 Å². The first-order chi connectivity index (χ1) is 12.3. The van der Waals surface area contributed by atoms with E-state index < -0.39 is 0 Å². The van der Waals surface area contributed by atoms with Gasteiger partial charge in [0.2, 0.25) is 5.91 Å². The van der Waals surface area contributed by atoms with Gasteiger partial charge in [0, 0.05) is 23.2 Å². The predicted molar refractivity (Wildman–Crippen MR) is 108 cm³/mol. The molecule has 0 spiro atoms. The first-order valence-electron chi connectivity index (χ1n) is 8.83. The number of nitrogens with zero attached hydrogens (tertiary/aromatic N) is 1. The van der Waals surface area contributed by atoms with Gasteiger partial charge in [0.25, 0.3) is 0 Å². The standard InChI is InChI=1S/C20H24N2OS2/c23-19(21-12-11-16-7-3-1-4-8-16)15-24-13-18-14-25-20(22-18)17-9-5-2-6-10-17/h2,5-7,9-10,14H,1,3-4,8,11-13,15H2,(H,21,23). The molecule has 0 unspecified atom stereocenters. The zero-order chi connectivity index (χ0) is 17.3. The summed E-state index contributed by atoms with van der Waals surface area (Å²) in [7, 11) is 0. The van der Waals surface area contributed by atoms with Crippen LogP contribution in [0, 0.1) is 0 Å². The molecule has 1 aromatic carbocycles. The van der Waals surface area contributed by atoms with Gasteiger partial charge in [-0.3, -0.25) is 4.79 Å². The highest BCUT2D eigenvalue weighted by Crippen LogP contribution is 2.25. The van der Waals surface area contributed by atoms with Crippen LogP contribution in [-0.4, -0.2) is 23.2 Å². The van der Waals surface area contributed by atoms with E-state index in [0.717, 1.165) is 35.0 Å². The number of carbonyl (C=O) groups excluding carboxylic acids is 1. The number of thioether (sulfide) groups is 1. The zero-order valence-corrected chi connectivity index (χ0v) is 16.0. The molecule has 132 valence electrons. The number of allylic oxidation sites excluding steroid dienone is 1. The molecule has 0 saturated carbocycles. The molecule has 5 heteroatoms. The summed E-state index contributed by atoms with van der Waals surface area (Å²) < 4.78 is 0. The molecule has 0 aliphatic heterocycles. The Hall–Kier alpha value is -1.59. The molecule has 1 aromatic heterocycles. The number of hydrogen-bond acceptors (Lipinski definition) is 4. The summed E-state index contributed by atoms with van der Waals surface area (Å²) in [5, 5.41) is 6.16. The van der Waals surface area contributed by atoms with Gasteiger partial charge in [0.1, 0.15) is 5.01 Å². The number of aromatic nitrogens is 1. The van der Waals surface area contributed by atoms with E-state index in [4.69, 9.17) is 0 Å². The molecule has 3 rings (SSSR count). The lowest BCUT2D eigenvalue weighted by molar-refractivity contribution is -0.118. The van der Waals surface area contributed by atoms with E-state index in [9.17, 15) is 4.79 Å². The summed E-state index contributed by atoms with van der Waals surface area (Å²) in [5.74, 6) is 1.40. The van der Waals surface area contributed by atoms with E-state index in [2.05, 4.69) is 33.9 Å². The van der Waals surface area contributed by atoms with Crippen LogP contribution in [0.15, 0.2) is 47.4 Å². The van der Waals surface area contributed by atoms with Crippen molar-refractivity contribution in [3.8, 4) is 10.6 Å². The minimum Gasteiger partial charge on any atom is -0.355 e. The van der Waals surface area contributed by atoms with Crippen LogP contribution < -0.4 is 5.32 Å². The Balaban J connectivity index is 1.34. The van der Waals surface area contributed by atoms with Crippen LogP contribution in [0.25, 0.3) is 10.6 Å². The van der Waals surface area contributed by atoms with Crippen molar-refractivity contribution in [2.24, 2.45) is 0 Å². The molecular weight excluding hydrogens is 348 g/mol. The van der Waals surface area contributed by atoms with Gasteiger partial charge >= 0.3 is 0 Å². The van der Waals surface area contributed by atoms with E-state index in [1.165, 1.54) is 31.3 Å². The maximum atomic E-state index is 11.9. The van der Waals surface area contributed by atoms with Gasteiger partial charge in [0.15, 0.2) is 0 Å². The fourth-order valence-corrected chi connectivity index (χ4v) is 4.56. The maximum Gasteiger partial charge on any atom is 0.230 e. The lowest BCUT2D eigenvalue weighted by Crippen LogP contribution is -2.26. The fourth-order valence-electron chi connectivity index (χ4n) is 2.88. The Labute approximate surface area is 158 Å². The van der Waals surface area contributed by atoms with Crippen molar-refractivity contribution >= 4 is 29.0 Å². The van der Waals surface area contributed by atoms with Crippen LogP contribution in [-0.2, 0) is 10.5 Å². The molecule has 1 amide bonds. The van der Waals surface area contributed by atoms with E-state index in [-0.39, 0.29) is 5.91 Å². The molecule has 0 radical (unpaired) electrons. The molecule has 0 saturated heterocycles. The van der Waals surface area contributed by atoms with Crippen LogP contribution in [0.3, 0.4) is 0 Å². The zero-order valence-electron chi connectivity index (χ0n) is 14.4. The third kappa shape index (κ3) is 6.01. The monoisotopic (exact) mass is 372 g/mol. The number of rotatable bonds is 8. The lowest BCUT2D eigenvalue weighted by atomic mass is 9.97. The summed E-state index contributed by atoms with van der Waals surface area (Å²) in [5.41, 5.74) is 3.71. The minimum atomic E-state index is 0.125. The number of nitrogens with one attached hydrogen (secondary N) is 1. The summed E-state index contributed by atoms with van der Waals surface area (Å²) in [6.07, 6.45) is 8.37. The quantitative estimate of drug-likeness (QED) is 0.659. The Morgan fingerprint density at radius 3 is 2.92 bits per heavy atom. The van der Waals surface area contributed by atoms with Gasteiger partial charge in [0.05, 0.1) is 11.4 Å². The maximum absolute atomic E-state index is 11.9. The van der Waals surface area contributed by atoms with Crippen LogP contribution in [0.2, 0.25) is 0 Å². The fraction of sp³-hybridized carbons (Fsp3) is 0.400. The normalized spacial score (nSPS) is 14.2. The molecule has 1 N–H and O–H groups in total. The second kappa shape index (κ2) is 9.78. The van der Waals surface area contributed by atoms with Gasteiger partial charge in [-0.15, -0.1) is 23.1 Å². The molecule has 1 heterocycles. The number of thiazole rings is 1. The van der Waals surface area contributed by atoms with Gasteiger partial charge in [-0.1, -0.05) is 42.0 Å². The Kier molecular flexibility index (Phi) is 7.12. The second-order valence-electron chi connectivity index (χ2n) is 6.21. The van der Waals surface area contributed by atoms with E-state index in [1.54, 1.807) is 23.1 Å².